The molecular formula is C18H11B3F3N5O. The van der Waals surface area contributed by atoms with E-state index in [1.165, 1.54) is 34.3 Å². The van der Waals surface area contributed by atoms with Crippen molar-refractivity contribution in [3.8, 4) is 11.3 Å². The van der Waals surface area contributed by atoms with Gasteiger partial charge in [0.05, 0.1) is 40.1 Å². The summed E-state index contributed by atoms with van der Waals surface area (Å²) in [4.78, 5) is 16.2. The second kappa shape index (κ2) is 6.68. The predicted octanol–water partition coefficient (Wildman–Crippen LogP) is 1.80. The number of aryl methyl sites for hydroxylation is 1. The number of fused-ring (bicyclic) bond motifs is 3. The molecule has 4 aromatic rings. The highest BCUT2D eigenvalue weighted by atomic mass is 19.4. The van der Waals surface area contributed by atoms with Crippen LogP contribution in [0.5, 0.6) is 0 Å². The van der Waals surface area contributed by atoms with Gasteiger partial charge in [0.2, 0.25) is 0 Å². The van der Waals surface area contributed by atoms with Crippen LogP contribution in [0, 0.1) is 0 Å². The van der Waals surface area contributed by atoms with Gasteiger partial charge in [0.25, 0.3) is 5.56 Å². The highest BCUT2D eigenvalue weighted by Gasteiger charge is 2.32. The van der Waals surface area contributed by atoms with E-state index in [0.717, 1.165) is 12.3 Å². The van der Waals surface area contributed by atoms with Crippen LogP contribution in [0.15, 0.2) is 47.4 Å². The summed E-state index contributed by atoms with van der Waals surface area (Å²) >= 11 is 0. The van der Waals surface area contributed by atoms with E-state index in [0.29, 0.717) is 22.2 Å². The van der Waals surface area contributed by atoms with E-state index >= 15 is 0 Å². The smallest absolute Gasteiger partial charge is 0.405 e. The van der Waals surface area contributed by atoms with Crippen LogP contribution in [-0.4, -0.2) is 47.9 Å². The number of aromatic nitrogens is 4. The molecule has 0 aliphatic rings. The van der Waals surface area contributed by atoms with Crippen molar-refractivity contribution in [2.24, 2.45) is 7.05 Å². The SMILES string of the molecule is [B]C([B])([B])Nc1ccc2c(c1)c(=O)n(C)c1cc(-c3ccnc(C(F)(F)F)c3)nn21. The van der Waals surface area contributed by atoms with Crippen molar-refractivity contribution < 1.29 is 13.2 Å². The Morgan fingerprint density at radius 3 is 2.47 bits per heavy atom. The van der Waals surface area contributed by atoms with Gasteiger partial charge >= 0.3 is 6.18 Å². The lowest BCUT2D eigenvalue weighted by Gasteiger charge is -2.24. The van der Waals surface area contributed by atoms with E-state index in [4.69, 9.17) is 23.5 Å². The molecule has 1 N–H and O–H groups in total. The minimum atomic E-state index is -4.58. The molecule has 1 aromatic carbocycles. The number of rotatable bonds is 3. The van der Waals surface area contributed by atoms with Crippen molar-refractivity contribution >= 4 is 45.8 Å². The lowest BCUT2D eigenvalue weighted by molar-refractivity contribution is -0.141. The van der Waals surface area contributed by atoms with Crippen LogP contribution in [0.25, 0.3) is 27.8 Å². The van der Waals surface area contributed by atoms with Crippen molar-refractivity contribution in [3.63, 3.8) is 0 Å². The molecule has 0 spiro atoms. The molecular weight excluding hydrogens is 392 g/mol. The molecule has 0 bridgehead atoms. The number of hydrogen-bond donors (Lipinski definition) is 1. The molecule has 0 fully saturated rings. The normalized spacial score (nSPS) is 12.5. The van der Waals surface area contributed by atoms with Crippen molar-refractivity contribution in [2.45, 2.75) is 11.4 Å². The summed E-state index contributed by atoms with van der Waals surface area (Å²) in [5.74, 6) is 0. The molecule has 0 unspecified atom stereocenters. The topological polar surface area (TPSA) is 64.2 Å². The van der Waals surface area contributed by atoms with E-state index < -0.39 is 17.1 Å². The van der Waals surface area contributed by atoms with Crippen LogP contribution in [0.3, 0.4) is 0 Å². The first-order valence-corrected chi connectivity index (χ1v) is 8.65. The number of benzene rings is 1. The Bertz CT molecular complexity index is 1340. The van der Waals surface area contributed by atoms with E-state index in [-0.39, 0.29) is 16.8 Å². The molecule has 12 heteroatoms. The molecule has 0 atom stereocenters. The van der Waals surface area contributed by atoms with Crippen molar-refractivity contribution in [2.75, 3.05) is 5.32 Å². The minimum absolute atomic E-state index is 0.221. The van der Waals surface area contributed by atoms with Crippen molar-refractivity contribution in [1.29, 1.82) is 0 Å². The fraction of sp³-hybridized carbons (Fsp3) is 0.167. The van der Waals surface area contributed by atoms with Crippen LogP contribution in [-0.2, 0) is 13.2 Å². The van der Waals surface area contributed by atoms with Gasteiger partial charge in [-0.1, -0.05) is 5.24 Å². The summed E-state index contributed by atoms with van der Waals surface area (Å²) < 4.78 is 41.8. The Morgan fingerprint density at radius 2 is 1.80 bits per heavy atom. The van der Waals surface area contributed by atoms with E-state index in [9.17, 15) is 18.0 Å². The molecule has 6 radical (unpaired) electrons. The molecule has 0 amide bonds. The zero-order chi connectivity index (χ0) is 21.8. The fourth-order valence-electron chi connectivity index (χ4n) is 3.18. The van der Waals surface area contributed by atoms with Crippen LogP contribution < -0.4 is 10.9 Å². The van der Waals surface area contributed by atoms with E-state index in [1.54, 1.807) is 12.1 Å². The van der Waals surface area contributed by atoms with Gasteiger partial charge in [-0.05, 0) is 30.3 Å². The lowest BCUT2D eigenvalue weighted by atomic mass is 9.49. The van der Waals surface area contributed by atoms with E-state index in [1.807, 2.05) is 0 Å². The summed E-state index contributed by atoms with van der Waals surface area (Å²) in [5, 5.41) is 5.68. The molecule has 0 aliphatic carbocycles. The molecule has 3 aromatic heterocycles. The van der Waals surface area contributed by atoms with Gasteiger partial charge in [-0.2, -0.15) is 18.3 Å². The molecule has 3 heterocycles. The molecule has 0 saturated carbocycles. The van der Waals surface area contributed by atoms with Crippen molar-refractivity contribution in [1.82, 2.24) is 19.2 Å². The quantitative estimate of drug-likeness (QED) is 0.531. The monoisotopic (exact) mass is 403 g/mol. The Morgan fingerprint density at radius 1 is 1.07 bits per heavy atom. The third-order valence-corrected chi connectivity index (χ3v) is 4.50. The number of halogens is 3. The zero-order valence-electron chi connectivity index (χ0n) is 15.6. The van der Waals surface area contributed by atoms with Gasteiger partial charge in [0, 0.05) is 30.6 Å². The third kappa shape index (κ3) is 3.57. The summed E-state index contributed by atoms with van der Waals surface area (Å²) in [6.45, 7) is 0. The van der Waals surface area contributed by atoms with Crippen LogP contribution in [0.4, 0.5) is 18.9 Å². The first-order valence-electron chi connectivity index (χ1n) is 8.65. The number of pyridine rings is 1. The predicted molar refractivity (Wildman–Crippen MR) is 110 cm³/mol. The molecule has 30 heavy (non-hydrogen) atoms. The highest BCUT2D eigenvalue weighted by molar-refractivity contribution is 6.60. The van der Waals surface area contributed by atoms with Gasteiger partial charge in [-0.3, -0.25) is 14.3 Å². The summed E-state index contributed by atoms with van der Waals surface area (Å²) in [6, 6.07) is 8.61. The molecule has 144 valence electrons. The lowest BCUT2D eigenvalue weighted by Crippen LogP contribution is -2.39. The molecule has 0 saturated heterocycles. The Balaban J connectivity index is 1.92. The second-order valence-corrected chi connectivity index (χ2v) is 6.88. The minimum Gasteiger partial charge on any atom is -0.405 e. The Hall–Kier alpha value is -3.17. The Labute approximate surface area is 172 Å². The number of nitrogens with zero attached hydrogens (tertiary/aromatic N) is 4. The second-order valence-electron chi connectivity index (χ2n) is 6.88. The van der Waals surface area contributed by atoms with E-state index in [2.05, 4.69) is 15.4 Å². The standard InChI is InChI=1S/C18H11B3F3N5O/c1-28-15-8-12(9-4-5-25-14(6-9)17(22,23)24)27-29(15)13-3-2-10(26-18(19,20)21)7-11(13)16(28)30/h2-8,26H,1H3. The maximum absolute atomic E-state index is 13.0. The van der Waals surface area contributed by atoms with Gasteiger partial charge in [-0.15, -0.1) is 0 Å². The fourth-order valence-corrected chi connectivity index (χ4v) is 3.18. The summed E-state index contributed by atoms with van der Waals surface area (Å²) in [6.07, 6.45) is -3.52. The van der Waals surface area contributed by atoms with Crippen LogP contribution >= 0.6 is 0 Å². The number of alkyl halides is 3. The Kier molecular flexibility index (Phi) is 4.48. The average molecular weight is 403 g/mol. The number of nitrogens with one attached hydrogen (secondary N) is 1. The first-order chi connectivity index (χ1) is 13.9. The van der Waals surface area contributed by atoms with Gasteiger partial charge in [0.1, 0.15) is 11.3 Å². The molecule has 4 rings (SSSR count). The van der Waals surface area contributed by atoms with Crippen molar-refractivity contribution in [3.05, 3.63) is 58.6 Å². The first kappa shape index (κ1) is 20.1. The highest BCUT2D eigenvalue weighted by Crippen LogP contribution is 2.30. The van der Waals surface area contributed by atoms with Crippen LogP contribution in [0.2, 0.25) is 0 Å². The number of anilines is 1. The number of hydrogen-bond acceptors (Lipinski definition) is 4. The summed E-state index contributed by atoms with van der Waals surface area (Å²) in [5.41, 5.74) is 0.390. The maximum Gasteiger partial charge on any atom is 0.433 e. The van der Waals surface area contributed by atoms with Gasteiger partial charge in [-0.25, -0.2) is 4.52 Å². The largest absolute Gasteiger partial charge is 0.433 e. The van der Waals surface area contributed by atoms with Gasteiger partial charge < -0.3 is 5.32 Å². The molecule has 6 nitrogen and oxygen atoms in total. The van der Waals surface area contributed by atoms with Crippen LogP contribution in [0.1, 0.15) is 5.69 Å². The summed E-state index contributed by atoms with van der Waals surface area (Å²) in [7, 11) is 18.2. The zero-order valence-corrected chi connectivity index (χ0v) is 15.6. The maximum atomic E-state index is 13.0. The van der Waals surface area contributed by atoms with Gasteiger partial charge in [0.15, 0.2) is 0 Å². The third-order valence-electron chi connectivity index (χ3n) is 4.50. The molecule has 0 aliphatic heterocycles. The average Bonchev–Trinajstić information content (AvgIpc) is 3.10.